The maximum Gasteiger partial charge on any atom is 0.322 e. The monoisotopic (exact) mass is 321 g/mol. The molecule has 1 aromatic carbocycles. The lowest BCUT2D eigenvalue weighted by molar-refractivity contribution is -0.114. The van der Waals surface area contributed by atoms with E-state index in [0.29, 0.717) is 30.2 Å². The number of nitrogens with zero attached hydrogens (tertiary/aromatic N) is 1. The van der Waals surface area contributed by atoms with Crippen molar-refractivity contribution in [1.29, 1.82) is 0 Å². The maximum atomic E-state index is 12.4. The number of rotatable bonds is 3. The zero-order valence-electron chi connectivity index (χ0n) is 13.9. The molecule has 0 bridgehead atoms. The van der Waals surface area contributed by atoms with Crippen LogP contribution >= 0.6 is 0 Å². The number of morpholine rings is 1. The molecule has 0 radical (unpaired) electrons. The van der Waals surface area contributed by atoms with E-state index in [-0.39, 0.29) is 24.1 Å². The van der Waals surface area contributed by atoms with Crippen LogP contribution in [0.3, 0.4) is 0 Å². The van der Waals surface area contributed by atoms with Crippen molar-refractivity contribution in [3.63, 3.8) is 0 Å². The topological polar surface area (TPSA) is 79.9 Å². The standard InChI is InChI=1S/C16H23N3O4/c1-10-8-19(9-11(2)23-10)16(21)18-13-5-6-14(17-12(3)20)15(7-13)22-4/h5-7,10-11H,8-9H2,1-4H3,(H,17,20)(H,18,21)/t10-,11+. The summed E-state index contributed by atoms with van der Waals surface area (Å²) in [6, 6.07) is 4.91. The lowest BCUT2D eigenvalue weighted by Crippen LogP contribution is -2.49. The van der Waals surface area contributed by atoms with Gasteiger partial charge in [-0.25, -0.2) is 4.79 Å². The van der Waals surface area contributed by atoms with E-state index in [9.17, 15) is 9.59 Å². The Morgan fingerprint density at radius 3 is 2.43 bits per heavy atom. The molecule has 23 heavy (non-hydrogen) atoms. The zero-order valence-corrected chi connectivity index (χ0v) is 13.9. The highest BCUT2D eigenvalue weighted by molar-refractivity contribution is 5.93. The van der Waals surface area contributed by atoms with Crippen LogP contribution < -0.4 is 15.4 Å². The lowest BCUT2D eigenvalue weighted by atomic mass is 10.2. The largest absolute Gasteiger partial charge is 0.494 e. The van der Waals surface area contributed by atoms with Crippen molar-refractivity contribution in [2.24, 2.45) is 0 Å². The molecule has 7 heteroatoms. The highest BCUT2D eigenvalue weighted by Gasteiger charge is 2.26. The van der Waals surface area contributed by atoms with Gasteiger partial charge in [-0.2, -0.15) is 0 Å². The van der Waals surface area contributed by atoms with E-state index >= 15 is 0 Å². The van der Waals surface area contributed by atoms with Gasteiger partial charge in [0.2, 0.25) is 5.91 Å². The molecular formula is C16H23N3O4. The highest BCUT2D eigenvalue weighted by Crippen LogP contribution is 2.28. The van der Waals surface area contributed by atoms with Crippen LogP contribution in [-0.2, 0) is 9.53 Å². The van der Waals surface area contributed by atoms with Crippen molar-refractivity contribution in [2.75, 3.05) is 30.8 Å². The average Bonchev–Trinajstić information content (AvgIpc) is 2.47. The van der Waals surface area contributed by atoms with Crippen molar-refractivity contribution in [1.82, 2.24) is 4.90 Å². The van der Waals surface area contributed by atoms with E-state index in [2.05, 4.69) is 10.6 Å². The number of nitrogens with one attached hydrogen (secondary N) is 2. The molecule has 1 aliphatic heterocycles. The number of anilines is 2. The number of ether oxygens (including phenoxy) is 2. The number of hydrogen-bond acceptors (Lipinski definition) is 4. The second-order valence-corrected chi connectivity index (χ2v) is 5.69. The summed E-state index contributed by atoms with van der Waals surface area (Å²) in [5, 5.41) is 5.52. The first-order chi connectivity index (χ1) is 10.9. The van der Waals surface area contributed by atoms with Crippen LogP contribution in [0.2, 0.25) is 0 Å². The van der Waals surface area contributed by atoms with Gasteiger partial charge in [0.05, 0.1) is 25.0 Å². The van der Waals surface area contributed by atoms with Gasteiger partial charge >= 0.3 is 6.03 Å². The number of urea groups is 1. The number of hydrogen-bond donors (Lipinski definition) is 2. The van der Waals surface area contributed by atoms with Crippen molar-refractivity contribution in [2.45, 2.75) is 33.0 Å². The average molecular weight is 321 g/mol. The van der Waals surface area contributed by atoms with E-state index in [1.54, 1.807) is 23.1 Å². The molecule has 1 heterocycles. The van der Waals surface area contributed by atoms with Gasteiger partial charge in [-0.05, 0) is 26.0 Å². The molecule has 0 aliphatic carbocycles. The van der Waals surface area contributed by atoms with Crippen LogP contribution in [-0.4, -0.2) is 49.2 Å². The Kier molecular flexibility index (Phi) is 5.44. The number of benzene rings is 1. The fourth-order valence-corrected chi connectivity index (χ4v) is 2.61. The third kappa shape index (κ3) is 4.59. The molecule has 0 spiro atoms. The van der Waals surface area contributed by atoms with Crippen LogP contribution in [0.5, 0.6) is 5.75 Å². The van der Waals surface area contributed by atoms with E-state index in [1.165, 1.54) is 14.0 Å². The van der Waals surface area contributed by atoms with Gasteiger partial charge in [0.25, 0.3) is 0 Å². The molecule has 2 rings (SSSR count). The fourth-order valence-electron chi connectivity index (χ4n) is 2.61. The summed E-state index contributed by atoms with van der Waals surface area (Å²) >= 11 is 0. The van der Waals surface area contributed by atoms with Crippen molar-refractivity contribution in [3.8, 4) is 5.75 Å². The second-order valence-electron chi connectivity index (χ2n) is 5.69. The van der Waals surface area contributed by atoms with Crippen molar-refractivity contribution >= 4 is 23.3 Å². The van der Waals surface area contributed by atoms with E-state index in [1.807, 2.05) is 13.8 Å². The third-order valence-corrected chi connectivity index (χ3v) is 3.47. The third-order valence-electron chi connectivity index (χ3n) is 3.47. The second kappa shape index (κ2) is 7.32. The van der Waals surface area contributed by atoms with Crippen LogP contribution in [0.25, 0.3) is 0 Å². The predicted octanol–water partition coefficient (Wildman–Crippen LogP) is 2.29. The molecule has 2 N–H and O–H groups in total. The molecule has 126 valence electrons. The molecule has 1 saturated heterocycles. The van der Waals surface area contributed by atoms with Crippen LogP contribution in [0, 0.1) is 0 Å². The maximum absolute atomic E-state index is 12.4. The summed E-state index contributed by atoms with van der Waals surface area (Å²) in [7, 11) is 1.51. The lowest BCUT2D eigenvalue weighted by Gasteiger charge is -2.35. The fraction of sp³-hybridized carbons (Fsp3) is 0.500. The molecule has 7 nitrogen and oxygen atoms in total. The number of carbonyl (C=O) groups is 2. The predicted molar refractivity (Wildman–Crippen MR) is 87.9 cm³/mol. The Hall–Kier alpha value is -2.28. The Morgan fingerprint density at radius 2 is 1.87 bits per heavy atom. The van der Waals surface area contributed by atoms with Gasteiger partial charge in [-0.3, -0.25) is 4.79 Å². The van der Waals surface area contributed by atoms with Gasteiger partial charge in [0.15, 0.2) is 0 Å². The summed E-state index contributed by atoms with van der Waals surface area (Å²) in [4.78, 5) is 25.3. The molecule has 1 aliphatic rings. The minimum Gasteiger partial charge on any atom is -0.494 e. The summed E-state index contributed by atoms with van der Waals surface area (Å²) in [5.74, 6) is 0.304. The van der Waals surface area contributed by atoms with E-state index < -0.39 is 0 Å². The molecule has 3 amide bonds. The summed E-state index contributed by atoms with van der Waals surface area (Å²) in [6.45, 7) is 6.42. The molecule has 0 saturated carbocycles. The zero-order chi connectivity index (χ0) is 17.0. The Morgan fingerprint density at radius 1 is 1.22 bits per heavy atom. The highest BCUT2D eigenvalue weighted by atomic mass is 16.5. The molecule has 1 aromatic rings. The van der Waals surface area contributed by atoms with Crippen LogP contribution in [0.15, 0.2) is 18.2 Å². The molecule has 0 unspecified atom stereocenters. The molecular weight excluding hydrogens is 298 g/mol. The Balaban J connectivity index is 2.07. The summed E-state index contributed by atoms with van der Waals surface area (Å²) in [6.07, 6.45) is 0.0300. The van der Waals surface area contributed by atoms with E-state index in [4.69, 9.17) is 9.47 Å². The van der Waals surface area contributed by atoms with Crippen molar-refractivity contribution < 1.29 is 19.1 Å². The van der Waals surface area contributed by atoms with Crippen LogP contribution in [0.4, 0.5) is 16.2 Å². The quantitative estimate of drug-likeness (QED) is 0.895. The minimum atomic E-state index is -0.184. The van der Waals surface area contributed by atoms with Gasteiger partial charge in [0.1, 0.15) is 5.75 Å². The van der Waals surface area contributed by atoms with Gasteiger partial charge in [-0.1, -0.05) is 0 Å². The number of amides is 3. The number of methoxy groups -OCH3 is 1. The van der Waals surface area contributed by atoms with Gasteiger partial charge in [0, 0.05) is 31.8 Å². The Bertz CT molecular complexity index is 581. The van der Waals surface area contributed by atoms with Gasteiger partial charge < -0.3 is 25.0 Å². The smallest absolute Gasteiger partial charge is 0.322 e. The molecule has 1 fully saturated rings. The summed E-state index contributed by atoms with van der Waals surface area (Å²) in [5.41, 5.74) is 1.17. The van der Waals surface area contributed by atoms with Crippen molar-refractivity contribution in [3.05, 3.63) is 18.2 Å². The summed E-state index contributed by atoms with van der Waals surface area (Å²) < 4.78 is 10.9. The Labute approximate surface area is 135 Å². The minimum absolute atomic E-state index is 0.0150. The number of carbonyl (C=O) groups excluding carboxylic acids is 2. The first kappa shape index (κ1) is 17.1. The SMILES string of the molecule is COc1cc(NC(=O)N2C[C@@H](C)O[C@@H](C)C2)ccc1NC(C)=O. The molecule has 0 aromatic heterocycles. The van der Waals surface area contributed by atoms with Crippen LogP contribution in [0.1, 0.15) is 20.8 Å². The van der Waals surface area contributed by atoms with E-state index in [0.717, 1.165) is 0 Å². The first-order valence-corrected chi connectivity index (χ1v) is 7.56. The van der Waals surface area contributed by atoms with Gasteiger partial charge in [-0.15, -0.1) is 0 Å². The molecule has 2 atom stereocenters. The normalized spacial score (nSPS) is 20.8. The first-order valence-electron chi connectivity index (χ1n) is 7.56.